The van der Waals surface area contributed by atoms with Crippen molar-refractivity contribution in [1.29, 1.82) is 0 Å². The lowest BCUT2D eigenvalue weighted by Gasteiger charge is -2.13. The van der Waals surface area contributed by atoms with Crippen LogP contribution in [0.3, 0.4) is 0 Å². The van der Waals surface area contributed by atoms with E-state index in [0.717, 1.165) is 10.7 Å². The number of aryl methyl sites for hydroxylation is 2. The average Bonchev–Trinajstić information content (AvgIpc) is 2.76. The van der Waals surface area contributed by atoms with Crippen LogP contribution < -0.4 is 5.73 Å². The Bertz CT molecular complexity index is 556. The van der Waals surface area contributed by atoms with Crippen LogP contribution in [0.15, 0.2) is 11.4 Å². The third-order valence-electron chi connectivity index (χ3n) is 3.53. The van der Waals surface area contributed by atoms with Gasteiger partial charge in [-0.1, -0.05) is 6.07 Å². The van der Waals surface area contributed by atoms with Crippen LogP contribution in [0, 0.1) is 27.7 Å². The molecule has 0 radical (unpaired) electrons. The number of nitrogens with two attached hydrogens (primary N) is 1. The smallest absolute Gasteiger partial charge is 0.110 e. The molecule has 2 N–H and O–H groups in total. The van der Waals surface area contributed by atoms with Crippen LogP contribution in [0.25, 0.3) is 11.3 Å². The van der Waals surface area contributed by atoms with Crippen molar-refractivity contribution in [3.8, 4) is 11.3 Å². The second-order valence-electron chi connectivity index (χ2n) is 5.00. The largest absolute Gasteiger partial charge is 0.322 e. The number of rotatable bonds is 2. The van der Waals surface area contributed by atoms with E-state index < -0.39 is 0 Å². The minimum Gasteiger partial charge on any atom is -0.322 e. The van der Waals surface area contributed by atoms with Gasteiger partial charge in [0.25, 0.3) is 0 Å². The lowest BCUT2D eigenvalue weighted by atomic mass is 9.93. The van der Waals surface area contributed by atoms with E-state index in [2.05, 4.69) is 44.1 Å². The SMILES string of the molecule is Cc1cc(C)c(C)c(-c2csc(C(C)N)n2)c1C. The molecule has 0 saturated carbocycles. The second-order valence-corrected chi connectivity index (χ2v) is 5.88. The summed E-state index contributed by atoms with van der Waals surface area (Å²) in [4.78, 5) is 4.68. The Labute approximate surface area is 113 Å². The highest BCUT2D eigenvalue weighted by atomic mass is 32.1. The molecule has 2 nitrogen and oxygen atoms in total. The third kappa shape index (κ3) is 2.20. The van der Waals surface area contributed by atoms with E-state index in [1.54, 1.807) is 11.3 Å². The van der Waals surface area contributed by atoms with Gasteiger partial charge in [0.2, 0.25) is 0 Å². The van der Waals surface area contributed by atoms with E-state index in [4.69, 9.17) is 5.73 Å². The van der Waals surface area contributed by atoms with E-state index in [0.29, 0.717) is 0 Å². The monoisotopic (exact) mass is 260 g/mol. The Hall–Kier alpha value is -1.19. The summed E-state index contributed by atoms with van der Waals surface area (Å²) in [7, 11) is 0. The minimum absolute atomic E-state index is 0.00951. The summed E-state index contributed by atoms with van der Waals surface area (Å²) in [6, 6.07) is 2.25. The summed E-state index contributed by atoms with van der Waals surface area (Å²) in [5, 5.41) is 3.12. The highest BCUT2D eigenvalue weighted by Crippen LogP contribution is 2.33. The normalized spacial score (nSPS) is 12.8. The van der Waals surface area contributed by atoms with Crippen LogP contribution in [-0.2, 0) is 0 Å². The van der Waals surface area contributed by atoms with Gasteiger partial charge in [-0.3, -0.25) is 0 Å². The van der Waals surface area contributed by atoms with E-state index in [-0.39, 0.29) is 6.04 Å². The minimum atomic E-state index is 0.00951. The van der Waals surface area contributed by atoms with Gasteiger partial charge in [0.15, 0.2) is 0 Å². The van der Waals surface area contributed by atoms with Gasteiger partial charge in [0, 0.05) is 10.9 Å². The number of aromatic nitrogens is 1. The van der Waals surface area contributed by atoms with Crippen molar-refractivity contribution in [2.75, 3.05) is 0 Å². The molecule has 96 valence electrons. The molecule has 0 spiro atoms. The van der Waals surface area contributed by atoms with Gasteiger partial charge < -0.3 is 5.73 Å². The number of thiazole rings is 1. The first-order valence-electron chi connectivity index (χ1n) is 6.20. The fraction of sp³-hybridized carbons (Fsp3) is 0.400. The van der Waals surface area contributed by atoms with Gasteiger partial charge in [-0.05, 0) is 56.9 Å². The third-order valence-corrected chi connectivity index (χ3v) is 4.58. The van der Waals surface area contributed by atoms with Crippen molar-refractivity contribution >= 4 is 11.3 Å². The topological polar surface area (TPSA) is 38.9 Å². The molecule has 3 heteroatoms. The number of hydrogen-bond donors (Lipinski definition) is 1. The van der Waals surface area contributed by atoms with Crippen molar-refractivity contribution in [2.45, 2.75) is 40.7 Å². The highest BCUT2D eigenvalue weighted by molar-refractivity contribution is 7.10. The summed E-state index contributed by atoms with van der Waals surface area (Å²) in [6.45, 7) is 10.6. The molecule has 1 aromatic heterocycles. The van der Waals surface area contributed by atoms with Gasteiger partial charge in [-0.2, -0.15) is 0 Å². The fourth-order valence-electron chi connectivity index (χ4n) is 2.21. The maximum Gasteiger partial charge on any atom is 0.110 e. The Balaban J connectivity index is 2.62. The fourth-order valence-corrected chi connectivity index (χ4v) is 2.98. The van der Waals surface area contributed by atoms with Gasteiger partial charge in [0.1, 0.15) is 5.01 Å². The summed E-state index contributed by atoms with van der Waals surface area (Å²) >= 11 is 1.65. The Morgan fingerprint density at radius 3 is 2.11 bits per heavy atom. The van der Waals surface area contributed by atoms with E-state index in [9.17, 15) is 0 Å². The molecule has 0 saturated heterocycles. The molecule has 18 heavy (non-hydrogen) atoms. The molecule has 0 amide bonds. The molecule has 0 bridgehead atoms. The maximum atomic E-state index is 5.89. The number of nitrogens with zero attached hydrogens (tertiary/aromatic N) is 1. The molecule has 1 aromatic carbocycles. The predicted molar refractivity (Wildman–Crippen MR) is 79.1 cm³/mol. The summed E-state index contributed by atoms with van der Waals surface area (Å²) < 4.78 is 0. The molecule has 2 aromatic rings. The van der Waals surface area contributed by atoms with E-state index in [1.165, 1.54) is 27.8 Å². The predicted octanol–water partition coefficient (Wildman–Crippen LogP) is 4.06. The summed E-state index contributed by atoms with van der Waals surface area (Å²) in [5.41, 5.74) is 13.5. The zero-order chi connectivity index (χ0) is 13.4. The quantitative estimate of drug-likeness (QED) is 0.884. The van der Waals surface area contributed by atoms with Gasteiger partial charge in [0.05, 0.1) is 11.7 Å². The number of benzene rings is 1. The van der Waals surface area contributed by atoms with Gasteiger partial charge >= 0.3 is 0 Å². The first-order chi connectivity index (χ1) is 8.41. The zero-order valence-corrected chi connectivity index (χ0v) is 12.5. The van der Waals surface area contributed by atoms with Crippen molar-refractivity contribution in [3.05, 3.63) is 38.7 Å². The molecule has 0 aliphatic heterocycles. The van der Waals surface area contributed by atoms with Crippen LogP contribution in [-0.4, -0.2) is 4.98 Å². The van der Waals surface area contributed by atoms with Crippen molar-refractivity contribution < 1.29 is 0 Å². The standard InChI is InChI=1S/C15H20N2S/c1-8-6-9(2)11(4)14(10(8)3)13-7-18-15(17-13)12(5)16/h6-7,12H,16H2,1-5H3. The summed E-state index contributed by atoms with van der Waals surface area (Å²) in [5.74, 6) is 0. The molecule has 1 heterocycles. The Morgan fingerprint density at radius 2 is 1.67 bits per heavy atom. The molecule has 0 aliphatic carbocycles. The lowest BCUT2D eigenvalue weighted by molar-refractivity contribution is 0.808. The van der Waals surface area contributed by atoms with Crippen LogP contribution in [0.4, 0.5) is 0 Å². The first kappa shape index (κ1) is 13.2. The Morgan fingerprint density at radius 1 is 1.11 bits per heavy atom. The second kappa shape index (κ2) is 4.82. The van der Waals surface area contributed by atoms with Crippen LogP contribution >= 0.6 is 11.3 Å². The van der Waals surface area contributed by atoms with Crippen molar-refractivity contribution in [3.63, 3.8) is 0 Å². The first-order valence-corrected chi connectivity index (χ1v) is 7.08. The highest BCUT2D eigenvalue weighted by Gasteiger charge is 2.14. The van der Waals surface area contributed by atoms with Crippen LogP contribution in [0.5, 0.6) is 0 Å². The average molecular weight is 260 g/mol. The van der Waals surface area contributed by atoms with E-state index >= 15 is 0 Å². The molecule has 1 unspecified atom stereocenters. The van der Waals surface area contributed by atoms with E-state index in [1.807, 2.05) is 6.92 Å². The molecule has 0 fully saturated rings. The van der Waals surface area contributed by atoms with Crippen molar-refractivity contribution in [1.82, 2.24) is 4.98 Å². The molecular formula is C15H20N2S. The number of hydrogen-bond acceptors (Lipinski definition) is 3. The van der Waals surface area contributed by atoms with Crippen LogP contribution in [0.1, 0.15) is 40.2 Å². The Kier molecular flexibility index (Phi) is 3.55. The van der Waals surface area contributed by atoms with Crippen molar-refractivity contribution in [2.24, 2.45) is 5.73 Å². The molecule has 0 aliphatic rings. The molecule has 2 rings (SSSR count). The van der Waals surface area contributed by atoms with Crippen LogP contribution in [0.2, 0.25) is 0 Å². The van der Waals surface area contributed by atoms with Gasteiger partial charge in [-0.15, -0.1) is 11.3 Å². The molecular weight excluding hydrogens is 240 g/mol. The molecule has 1 atom stereocenters. The van der Waals surface area contributed by atoms with Gasteiger partial charge in [-0.25, -0.2) is 4.98 Å². The maximum absolute atomic E-state index is 5.89. The zero-order valence-electron chi connectivity index (χ0n) is 11.7. The summed E-state index contributed by atoms with van der Waals surface area (Å²) in [6.07, 6.45) is 0. The lowest BCUT2D eigenvalue weighted by Crippen LogP contribution is -2.04.